The molecule has 1 aromatic heterocycles. The van der Waals surface area contributed by atoms with E-state index in [-0.39, 0.29) is 11.9 Å². The van der Waals surface area contributed by atoms with E-state index in [0.717, 1.165) is 10.6 Å². The number of rotatable bonds is 2. The highest BCUT2D eigenvalue weighted by atomic mass is 16.5. The fourth-order valence-electron chi connectivity index (χ4n) is 2.57. The number of nitrogens with zero attached hydrogens (tertiary/aromatic N) is 4. The Bertz CT molecular complexity index is 735. The summed E-state index contributed by atoms with van der Waals surface area (Å²) in [7, 11) is 2.70. The van der Waals surface area contributed by atoms with Crippen molar-refractivity contribution in [2.75, 3.05) is 20.7 Å². The van der Waals surface area contributed by atoms with Crippen LogP contribution in [0.3, 0.4) is 0 Å². The Morgan fingerprint density at radius 1 is 1.41 bits per heavy atom. The number of likely N-dealkylation sites (N-methyl/N-ethyl adjacent to an activating group) is 1. The van der Waals surface area contributed by atoms with Crippen LogP contribution in [0, 0.1) is 13.8 Å². The van der Waals surface area contributed by atoms with Crippen LogP contribution < -0.4 is 4.57 Å². The van der Waals surface area contributed by atoms with Gasteiger partial charge in [-0.2, -0.15) is 4.57 Å². The van der Waals surface area contributed by atoms with Gasteiger partial charge in [-0.15, -0.1) is 0 Å². The highest BCUT2D eigenvalue weighted by molar-refractivity contribution is 6.19. The minimum absolute atomic E-state index is 0.267. The van der Waals surface area contributed by atoms with Crippen LogP contribution in [0.2, 0.25) is 0 Å². The molecule has 0 radical (unpaired) electrons. The van der Waals surface area contributed by atoms with Crippen molar-refractivity contribution in [3.05, 3.63) is 11.5 Å². The summed E-state index contributed by atoms with van der Waals surface area (Å²) < 4.78 is 11.7. The van der Waals surface area contributed by atoms with Gasteiger partial charge in [0.05, 0.1) is 7.11 Å². The number of oxazole rings is 1. The lowest BCUT2D eigenvalue weighted by Gasteiger charge is -2.31. The third kappa shape index (κ3) is 1.74. The first-order chi connectivity index (χ1) is 10.4. The Morgan fingerprint density at radius 3 is 2.73 bits per heavy atom. The summed E-state index contributed by atoms with van der Waals surface area (Å²) in [6.45, 7) is 3.13. The van der Waals surface area contributed by atoms with E-state index in [2.05, 4.69) is 9.73 Å². The zero-order chi connectivity index (χ0) is 16.2. The Hall–Kier alpha value is -2.71. The van der Waals surface area contributed by atoms with Crippen molar-refractivity contribution in [1.82, 2.24) is 9.80 Å². The first-order valence-corrected chi connectivity index (χ1v) is 6.62. The van der Waals surface area contributed by atoms with Crippen molar-refractivity contribution in [2.24, 2.45) is 4.99 Å². The normalized spacial score (nSPS) is 20.0. The zero-order valence-corrected chi connectivity index (χ0v) is 12.6. The molecule has 0 spiro atoms. The molecule has 0 aromatic carbocycles. The molecule has 22 heavy (non-hydrogen) atoms. The summed E-state index contributed by atoms with van der Waals surface area (Å²) in [5, 5.41) is 0. The number of carbonyl (C=O) groups excluding carboxylic acids is 3. The number of esters is 1. The number of amides is 3. The molecule has 3 rings (SSSR count). The Balaban J connectivity index is 2.05. The molecule has 0 bridgehead atoms. The van der Waals surface area contributed by atoms with Crippen molar-refractivity contribution in [1.29, 1.82) is 0 Å². The number of carbonyl (C=O) groups is 3. The van der Waals surface area contributed by atoms with E-state index in [0.29, 0.717) is 5.76 Å². The fraction of sp³-hybridized carbons (Fsp3) is 0.462. The molecule has 1 saturated heterocycles. The molecule has 0 N–H and O–H groups in total. The average molecular weight is 307 g/mol. The maximum Gasteiger partial charge on any atom is 0.507 e. The van der Waals surface area contributed by atoms with E-state index < -0.39 is 30.5 Å². The number of methoxy groups -OCH3 is 1. The third-order valence-corrected chi connectivity index (χ3v) is 3.91. The van der Waals surface area contributed by atoms with Gasteiger partial charge in [0.2, 0.25) is 0 Å². The molecule has 3 amide bonds. The fourth-order valence-corrected chi connectivity index (χ4v) is 2.57. The van der Waals surface area contributed by atoms with E-state index in [1.807, 2.05) is 0 Å². The van der Waals surface area contributed by atoms with Gasteiger partial charge in [0.1, 0.15) is 12.2 Å². The minimum atomic E-state index is -0.806. The van der Waals surface area contributed by atoms with Gasteiger partial charge in [0.25, 0.3) is 17.8 Å². The molecule has 116 valence electrons. The van der Waals surface area contributed by atoms with Gasteiger partial charge >= 0.3 is 18.0 Å². The summed E-state index contributed by atoms with van der Waals surface area (Å²) in [5.74, 6) is -0.263. The molecule has 9 nitrogen and oxygen atoms in total. The number of hydrogen-bond donors (Lipinski definition) is 0. The summed E-state index contributed by atoms with van der Waals surface area (Å²) in [6, 6.07) is -1.16. The van der Waals surface area contributed by atoms with Crippen LogP contribution in [0.15, 0.2) is 9.41 Å². The van der Waals surface area contributed by atoms with Crippen molar-refractivity contribution in [3.8, 4) is 0 Å². The molecule has 0 aliphatic carbocycles. The van der Waals surface area contributed by atoms with Gasteiger partial charge in [-0.1, -0.05) is 0 Å². The minimum Gasteiger partial charge on any atom is -0.468 e. The van der Waals surface area contributed by atoms with Gasteiger partial charge in [0.15, 0.2) is 5.76 Å². The molecule has 1 aromatic rings. The molecule has 2 aliphatic rings. The zero-order valence-electron chi connectivity index (χ0n) is 12.6. The van der Waals surface area contributed by atoms with Gasteiger partial charge in [-0.25, -0.2) is 9.69 Å². The lowest BCUT2D eigenvalue weighted by Crippen LogP contribution is -2.64. The lowest BCUT2D eigenvalue weighted by molar-refractivity contribution is -0.685. The Morgan fingerprint density at radius 2 is 2.09 bits per heavy atom. The molecule has 9 heteroatoms. The smallest absolute Gasteiger partial charge is 0.468 e. The molecule has 1 unspecified atom stereocenters. The van der Waals surface area contributed by atoms with Crippen molar-refractivity contribution >= 4 is 29.8 Å². The second kappa shape index (κ2) is 4.65. The maximum absolute atomic E-state index is 12.7. The van der Waals surface area contributed by atoms with Gasteiger partial charge in [-0.3, -0.25) is 14.5 Å². The second-order valence-corrected chi connectivity index (χ2v) is 5.11. The molecule has 0 saturated carbocycles. The Kier molecular flexibility index (Phi) is 3.01. The van der Waals surface area contributed by atoms with Gasteiger partial charge in [-0.05, 0) is 6.92 Å². The number of aliphatic imine (C=N–C) groups is 1. The maximum atomic E-state index is 12.7. The summed E-state index contributed by atoms with van der Waals surface area (Å²) in [5.41, 5.74) is 0.743. The van der Waals surface area contributed by atoms with Crippen LogP contribution in [0.4, 0.5) is 10.8 Å². The average Bonchev–Trinajstić information content (AvgIpc) is 2.99. The quantitative estimate of drug-likeness (QED) is 0.558. The molecule has 3 heterocycles. The first kappa shape index (κ1) is 14.2. The lowest BCUT2D eigenvalue weighted by atomic mass is 10.1. The highest BCUT2D eigenvalue weighted by Gasteiger charge is 2.56. The number of amidine groups is 1. The number of aryl methyl sites for hydroxylation is 1. The topological polar surface area (TPSA) is 96.3 Å². The van der Waals surface area contributed by atoms with Crippen LogP contribution in [0.1, 0.15) is 17.5 Å². The number of fused-ring (bicyclic) bond motifs is 3. The van der Waals surface area contributed by atoms with E-state index >= 15 is 0 Å². The molecular formula is C13H15N4O5+. The number of aromatic nitrogens is 1. The molecule has 2 aliphatic heterocycles. The first-order valence-electron chi connectivity index (χ1n) is 6.62. The van der Waals surface area contributed by atoms with Crippen molar-refractivity contribution < 1.29 is 28.1 Å². The van der Waals surface area contributed by atoms with Crippen LogP contribution in [-0.4, -0.2) is 54.2 Å². The Labute approximate surface area is 125 Å². The second-order valence-electron chi connectivity index (χ2n) is 5.11. The van der Waals surface area contributed by atoms with Crippen LogP contribution in [-0.2, 0) is 14.3 Å². The van der Waals surface area contributed by atoms with Crippen molar-refractivity contribution in [3.63, 3.8) is 0 Å². The van der Waals surface area contributed by atoms with Crippen LogP contribution >= 0.6 is 0 Å². The highest BCUT2D eigenvalue weighted by Crippen LogP contribution is 2.30. The summed E-state index contributed by atoms with van der Waals surface area (Å²) >= 11 is 0. The SMILES string of the molecule is COC(=O)CN1C(=O)C2C(=Nc3oc(C)c(C)[n+]32)N(C)C1=O. The van der Waals surface area contributed by atoms with Gasteiger partial charge in [0, 0.05) is 19.0 Å². The third-order valence-electron chi connectivity index (χ3n) is 3.91. The number of imide groups is 1. The largest absolute Gasteiger partial charge is 0.507 e. The standard InChI is InChI=1S/C13H15N4O5/c1-6-7(2)22-12-14-10-9(17(6)12)11(19)16(5-8(18)21-4)13(20)15(10)3/h9H,5H2,1-4H3/q+1. The van der Waals surface area contributed by atoms with E-state index in [4.69, 9.17) is 4.42 Å². The molecule has 1 atom stereocenters. The predicted octanol–water partition coefficient (Wildman–Crippen LogP) is -0.164. The van der Waals surface area contributed by atoms with Crippen LogP contribution in [0.5, 0.6) is 0 Å². The van der Waals surface area contributed by atoms with E-state index in [1.54, 1.807) is 18.4 Å². The van der Waals surface area contributed by atoms with E-state index in [1.165, 1.54) is 19.1 Å². The summed E-state index contributed by atoms with van der Waals surface area (Å²) in [6.07, 6.45) is 0. The summed E-state index contributed by atoms with van der Waals surface area (Å²) in [4.78, 5) is 42.7. The molecule has 1 fully saturated rings. The monoisotopic (exact) mass is 307 g/mol. The van der Waals surface area contributed by atoms with Crippen molar-refractivity contribution in [2.45, 2.75) is 19.9 Å². The molecular weight excluding hydrogens is 292 g/mol. The van der Waals surface area contributed by atoms with Gasteiger partial charge < -0.3 is 9.15 Å². The van der Waals surface area contributed by atoms with E-state index in [9.17, 15) is 14.4 Å². The number of ether oxygens (including phenoxy) is 1. The predicted molar refractivity (Wildman–Crippen MR) is 71.4 cm³/mol. The van der Waals surface area contributed by atoms with Crippen LogP contribution in [0.25, 0.3) is 0 Å². The number of urea groups is 1. The number of hydrogen-bond acceptors (Lipinski definition) is 6.